The molecule has 1 aliphatic carbocycles. The molecule has 0 aromatic heterocycles. The summed E-state index contributed by atoms with van der Waals surface area (Å²) in [6.07, 6.45) is 2.66. The number of ether oxygens (including phenoxy) is 1. The number of hydrogen-bond donors (Lipinski definition) is 1. The summed E-state index contributed by atoms with van der Waals surface area (Å²) in [6.45, 7) is 1.05. The smallest absolute Gasteiger partial charge is 0.225 e. The van der Waals surface area contributed by atoms with E-state index in [0.717, 1.165) is 25.0 Å². The van der Waals surface area contributed by atoms with E-state index in [0.29, 0.717) is 18.2 Å². The van der Waals surface area contributed by atoms with Crippen molar-refractivity contribution < 1.29 is 9.53 Å². The second kappa shape index (κ2) is 8.47. The number of nitrogens with two attached hydrogens (primary N) is 1. The minimum Gasteiger partial charge on any atom is -0.492 e. The summed E-state index contributed by atoms with van der Waals surface area (Å²) in [7, 11) is 1.82. The molecule has 1 fully saturated rings. The number of amides is 1. The minimum atomic E-state index is 0. The molecule has 1 aromatic rings. The van der Waals surface area contributed by atoms with Gasteiger partial charge in [-0.2, -0.15) is 0 Å². The Balaban J connectivity index is 0.00000220. The van der Waals surface area contributed by atoms with E-state index in [-0.39, 0.29) is 30.3 Å². The van der Waals surface area contributed by atoms with Crippen LogP contribution in [0.3, 0.4) is 0 Å². The van der Waals surface area contributed by atoms with Gasteiger partial charge in [0.1, 0.15) is 12.4 Å². The quantitative estimate of drug-likeness (QED) is 0.901. The highest BCUT2D eigenvalue weighted by atomic mass is 35.5. The Morgan fingerprint density at radius 1 is 1.38 bits per heavy atom. The van der Waals surface area contributed by atoms with Crippen molar-refractivity contribution in [2.75, 3.05) is 20.2 Å². The predicted octanol–water partition coefficient (Wildman–Crippen LogP) is 2.73. The fourth-order valence-corrected chi connectivity index (χ4v) is 2.62. The van der Waals surface area contributed by atoms with Gasteiger partial charge in [0.15, 0.2) is 0 Å². The largest absolute Gasteiger partial charge is 0.492 e. The summed E-state index contributed by atoms with van der Waals surface area (Å²) in [5.74, 6) is 1.03. The molecule has 1 aromatic carbocycles. The van der Waals surface area contributed by atoms with Crippen LogP contribution in [-0.4, -0.2) is 37.0 Å². The van der Waals surface area contributed by atoms with E-state index in [4.69, 9.17) is 22.1 Å². The monoisotopic (exact) mass is 332 g/mol. The van der Waals surface area contributed by atoms with Gasteiger partial charge in [-0.3, -0.25) is 4.79 Å². The summed E-state index contributed by atoms with van der Waals surface area (Å²) in [5, 5.41) is 0.683. The van der Waals surface area contributed by atoms with Crippen LogP contribution in [0.4, 0.5) is 0 Å². The third-order valence-electron chi connectivity index (χ3n) is 3.71. The fraction of sp³-hybridized carbons (Fsp3) is 0.533. The van der Waals surface area contributed by atoms with Gasteiger partial charge < -0.3 is 15.4 Å². The van der Waals surface area contributed by atoms with Gasteiger partial charge >= 0.3 is 0 Å². The topological polar surface area (TPSA) is 55.6 Å². The molecule has 2 unspecified atom stereocenters. The molecule has 6 heteroatoms. The molecule has 0 aliphatic heterocycles. The van der Waals surface area contributed by atoms with E-state index in [1.54, 1.807) is 17.0 Å². The van der Waals surface area contributed by atoms with Gasteiger partial charge in [-0.05, 0) is 43.5 Å². The number of likely N-dealkylation sites (N-methyl/N-ethyl adjacent to an activating group) is 1. The minimum absolute atomic E-state index is 0. The lowest BCUT2D eigenvalue weighted by Crippen LogP contribution is -2.35. The zero-order chi connectivity index (χ0) is 14.5. The number of nitrogens with zero attached hydrogens (tertiary/aromatic N) is 1. The average Bonchev–Trinajstić information content (AvgIpc) is 2.86. The van der Waals surface area contributed by atoms with Gasteiger partial charge in [-0.1, -0.05) is 11.6 Å². The Morgan fingerprint density at radius 3 is 2.62 bits per heavy atom. The molecule has 0 heterocycles. The number of halogens is 2. The molecule has 0 radical (unpaired) electrons. The first kappa shape index (κ1) is 18.1. The Hall–Kier alpha value is -0.970. The molecule has 0 bridgehead atoms. The molecule has 1 amide bonds. The second-order valence-electron chi connectivity index (χ2n) is 5.33. The van der Waals surface area contributed by atoms with Crippen LogP contribution < -0.4 is 10.5 Å². The Bertz CT molecular complexity index is 453. The number of rotatable bonds is 5. The van der Waals surface area contributed by atoms with Crippen molar-refractivity contribution in [1.82, 2.24) is 4.90 Å². The van der Waals surface area contributed by atoms with E-state index in [9.17, 15) is 4.79 Å². The van der Waals surface area contributed by atoms with Crippen molar-refractivity contribution in [3.05, 3.63) is 29.3 Å². The van der Waals surface area contributed by atoms with Crippen LogP contribution >= 0.6 is 24.0 Å². The van der Waals surface area contributed by atoms with Crippen LogP contribution in [-0.2, 0) is 4.79 Å². The molecule has 21 heavy (non-hydrogen) atoms. The van der Waals surface area contributed by atoms with E-state index < -0.39 is 0 Å². The van der Waals surface area contributed by atoms with Crippen LogP contribution in [0.1, 0.15) is 19.3 Å². The summed E-state index contributed by atoms with van der Waals surface area (Å²) in [4.78, 5) is 13.9. The molecule has 4 nitrogen and oxygen atoms in total. The average molecular weight is 333 g/mol. The molecule has 2 N–H and O–H groups in total. The lowest BCUT2D eigenvalue weighted by atomic mass is 10.1. The third kappa shape index (κ3) is 5.38. The molecule has 2 rings (SSSR count). The molecule has 1 aliphatic rings. The van der Waals surface area contributed by atoms with Crippen molar-refractivity contribution in [1.29, 1.82) is 0 Å². The Labute approximate surface area is 137 Å². The SMILES string of the molecule is CN(CCOc1ccc(Cl)cc1)C(=O)C1CCC(N)C1.Cl. The van der Waals surface area contributed by atoms with E-state index >= 15 is 0 Å². The third-order valence-corrected chi connectivity index (χ3v) is 3.96. The van der Waals surface area contributed by atoms with Crippen LogP contribution in [0, 0.1) is 5.92 Å². The van der Waals surface area contributed by atoms with Gasteiger partial charge in [0.25, 0.3) is 0 Å². The molecular weight excluding hydrogens is 311 g/mol. The van der Waals surface area contributed by atoms with Crippen LogP contribution in [0.25, 0.3) is 0 Å². The van der Waals surface area contributed by atoms with Gasteiger partial charge in [-0.25, -0.2) is 0 Å². The van der Waals surface area contributed by atoms with Crippen molar-refractivity contribution in [3.63, 3.8) is 0 Å². The number of benzene rings is 1. The lowest BCUT2D eigenvalue weighted by molar-refractivity contribution is -0.134. The van der Waals surface area contributed by atoms with E-state index in [2.05, 4.69) is 0 Å². The summed E-state index contributed by atoms with van der Waals surface area (Å²) < 4.78 is 5.59. The normalized spacial score (nSPS) is 20.7. The fourth-order valence-electron chi connectivity index (χ4n) is 2.49. The lowest BCUT2D eigenvalue weighted by Gasteiger charge is -2.21. The van der Waals surface area contributed by atoms with Crippen molar-refractivity contribution in [2.24, 2.45) is 11.7 Å². The maximum absolute atomic E-state index is 12.2. The second-order valence-corrected chi connectivity index (χ2v) is 5.77. The van der Waals surface area contributed by atoms with E-state index in [1.807, 2.05) is 19.2 Å². The molecule has 0 spiro atoms. The Morgan fingerprint density at radius 2 is 2.05 bits per heavy atom. The first-order valence-corrected chi connectivity index (χ1v) is 7.33. The van der Waals surface area contributed by atoms with Gasteiger partial charge in [0.05, 0.1) is 6.54 Å². The van der Waals surface area contributed by atoms with Gasteiger partial charge in [0, 0.05) is 24.0 Å². The van der Waals surface area contributed by atoms with Crippen LogP contribution in [0.15, 0.2) is 24.3 Å². The highest BCUT2D eigenvalue weighted by Gasteiger charge is 2.29. The highest BCUT2D eigenvalue weighted by molar-refractivity contribution is 6.30. The number of carbonyl (C=O) groups is 1. The first-order chi connectivity index (χ1) is 9.56. The summed E-state index contributed by atoms with van der Waals surface area (Å²) >= 11 is 5.80. The zero-order valence-electron chi connectivity index (χ0n) is 12.1. The molecular formula is C15H22Cl2N2O2. The number of carbonyl (C=O) groups excluding carboxylic acids is 1. The summed E-state index contributed by atoms with van der Waals surface area (Å²) in [6, 6.07) is 7.39. The van der Waals surface area contributed by atoms with Gasteiger partial charge in [-0.15, -0.1) is 12.4 Å². The van der Waals surface area contributed by atoms with Crippen LogP contribution in [0.5, 0.6) is 5.75 Å². The zero-order valence-corrected chi connectivity index (χ0v) is 13.7. The molecule has 118 valence electrons. The van der Waals surface area contributed by atoms with Gasteiger partial charge in [0.2, 0.25) is 5.91 Å². The first-order valence-electron chi connectivity index (χ1n) is 6.95. The van der Waals surface area contributed by atoms with E-state index in [1.165, 1.54) is 0 Å². The Kier molecular flexibility index (Phi) is 7.29. The number of hydrogen-bond acceptors (Lipinski definition) is 3. The predicted molar refractivity (Wildman–Crippen MR) is 87.1 cm³/mol. The molecule has 2 atom stereocenters. The molecule has 0 saturated heterocycles. The van der Waals surface area contributed by atoms with Crippen LogP contribution in [0.2, 0.25) is 5.02 Å². The maximum Gasteiger partial charge on any atom is 0.225 e. The summed E-state index contributed by atoms with van der Waals surface area (Å²) in [5.41, 5.74) is 5.85. The van der Waals surface area contributed by atoms with Crippen molar-refractivity contribution in [3.8, 4) is 5.75 Å². The van der Waals surface area contributed by atoms with Crippen molar-refractivity contribution >= 4 is 29.9 Å². The highest BCUT2D eigenvalue weighted by Crippen LogP contribution is 2.25. The van der Waals surface area contributed by atoms with Crippen molar-refractivity contribution in [2.45, 2.75) is 25.3 Å². The maximum atomic E-state index is 12.2. The molecule has 1 saturated carbocycles. The standard InChI is InChI=1S/C15H21ClN2O2.ClH/c1-18(15(19)11-2-5-13(17)10-11)8-9-20-14-6-3-12(16)4-7-14;/h3-4,6-7,11,13H,2,5,8-10,17H2,1H3;1H.